The number of nitrogens with zero attached hydrogens (tertiary/aromatic N) is 2. The molecule has 0 spiro atoms. The van der Waals surface area contributed by atoms with Gasteiger partial charge in [-0.1, -0.05) is 6.07 Å². The predicted octanol–water partition coefficient (Wildman–Crippen LogP) is 1.20. The van der Waals surface area contributed by atoms with E-state index in [0.717, 1.165) is 22.9 Å². The first-order chi connectivity index (χ1) is 12.7. The number of halogens is 4. The molecule has 1 unspecified atom stereocenters. The summed E-state index contributed by atoms with van der Waals surface area (Å²) in [6.07, 6.45) is 0.542. The van der Waals surface area contributed by atoms with Crippen molar-refractivity contribution in [3.05, 3.63) is 65.9 Å². The first kappa shape index (κ1) is 18.4. The van der Waals surface area contributed by atoms with E-state index in [9.17, 15) is 27.2 Å². The van der Waals surface area contributed by atoms with E-state index < -0.39 is 41.7 Å². The lowest BCUT2D eigenvalue weighted by Crippen LogP contribution is -2.68. The average molecular weight is 383 g/mol. The van der Waals surface area contributed by atoms with Crippen LogP contribution in [0.15, 0.2) is 48.9 Å². The molecule has 142 valence electrons. The number of alkyl halides is 3. The van der Waals surface area contributed by atoms with Gasteiger partial charge in [-0.15, -0.1) is 0 Å². The Morgan fingerprint density at radius 2 is 2.11 bits per heavy atom. The second-order valence-electron chi connectivity index (χ2n) is 5.61. The highest BCUT2D eigenvalue weighted by molar-refractivity contribution is 5.95. The van der Waals surface area contributed by atoms with E-state index in [1.807, 2.05) is 0 Å². The van der Waals surface area contributed by atoms with Gasteiger partial charge in [0.1, 0.15) is 5.82 Å². The lowest BCUT2D eigenvalue weighted by molar-refractivity contribution is -0.139. The maximum Gasteiger partial charge on any atom is 0.416 e. The maximum atomic E-state index is 13.9. The lowest BCUT2D eigenvalue weighted by Gasteiger charge is -2.35. The number of nitrogens with one attached hydrogen (secondary N) is 3. The molecule has 2 heterocycles. The summed E-state index contributed by atoms with van der Waals surface area (Å²) in [5.74, 6) is -4.26. The zero-order valence-electron chi connectivity index (χ0n) is 13.5. The molecule has 2 aromatic rings. The molecular formula is C16H13F4N5O2. The van der Waals surface area contributed by atoms with Crippen LogP contribution in [-0.2, 0) is 28.1 Å². The van der Waals surface area contributed by atoms with Crippen molar-refractivity contribution < 1.29 is 27.2 Å². The molecule has 2 amide bonds. The van der Waals surface area contributed by atoms with Crippen LogP contribution in [0.4, 0.5) is 17.6 Å². The monoisotopic (exact) mass is 383 g/mol. The molecule has 0 saturated heterocycles. The SMILES string of the molecule is O=C1C=CNC(C(=O)NCc2ccc(C(F)(F)F)cc2F)(n2cccn2)N1. The van der Waals surface area contributed by atoms with E-state index in [0.29, 0.717) is 6.07 Å². The van der Waals surface area contributed by atoms with Gasteiger partial charge in [-0.3, -0.25) is 9.59 Å². The molecule has 0 aliphatic carbocycles. The van der Waals surface area contributed by atoms with E-state index in [1.54, 1.807) is 0 Å². The van der Waals surface area contributed by atoms with Gasteiger partial charge < -0.3 is 16.0 Å². The molecular weight excluding hydrogens is 370 g/mol. The van der Waals surface area contributed by atoms with Crippen molar-refractivity contribution >= 4 is 11.8 Å². The van der Waals surface area contributed by atoms with Gasteiger partial charge in [0.15, 0.2) is 0 Å². The minimum atomic E-state index is -4.67. The zero-order valence-corrected chi connectivity index (χ0v) is 13.5. The van der Waals surface area contributed by atoms with Gasteiger partial charge >= 0.3 is 6.18 Å². The number of hydrogen-bond donors (Lipinski definition) is 3. The number of hydrogen-bond acceptors (Lipinski definition) is 4. The van der Waals surface area contributed by atoms with E-state index in [4.69, 9.17) is 0 Å². The van der Waals surface area contributed by atoms with Gasteiger partial charge in [0.2, 0.25) is 5.91 Å². The fourth-order valence-electron chi connectivity index (χ4n) is 2.48. The van der Waals surface area contributed by atoms with Crippen molar-refractivity contribution in [3.8, 4) is 0 Å². The number of aromatic nitrogens is 2. The Morgan fingerprint density at radius 1 is 1.33 bits per heavy atom. The smallest absolute Gasteiger partial charge is 0.346 e. The Labute approximate surface area is 150 Å². The molecule has 0 saturated carbocycles. The molecule has 1 aromatic heterocycles. The van der Waals surface area contributed by atoms with Crippen LogP contribution < -0.4 is 16.0 Å². The molecule has 1 aliphatic heterocycles. The largest absolute Gasteiger partial charge is 0.416 e. The Morgan fingerprint density at radius 3 is 2.70 bits per heavy atom. The first-order valence-electron chi connectivity index (χ1n) is 7.63. The number of carbonyl (C=O) groups excluding carboxylic acids is 2. The Kier molecular flexibility index (Phi) is 4.60. The van der Waals surface area contributed by atoms with Crippen molar-refractivity contribution in [3.63, 3.8) is 0 Å². The quantitative estimate of drug-likeness (QED) is 0.693. The molecule has 0 bridgehead atoms. The molecule has 1 atom stereocenters. The Bertz CT molecular complexity index is 895. The summed E-state index contributed by atoms with van der Waals surface area (Å²) >= 11 is 0. The van der Waals surface area contributed by atoms with Crippen LogP contribution in [0.1, 0.15) is 11.1 Å². The summed E-state index contributed by atoms with van der Waals surface area (Å²) < 4.78 is 52.9. The topological polar surface area (TPSA) is 88.1 Å². The van der Waals surface area contributed by atoms with E-state index in [2.05, 4.69) is 21.0 Å². The summed E-state index contributed by atoms with van der Waals surface area (Å²) in [6, 6.07) is 3.54. The molecule has 0 fully saturated rings. The van der Waals surface area contributed by atoms with Crippen molar-refractivity contribution in [2.24, 2.45) is 0 Å². The summed E-state index contributed by atoms with van der Waals surface area (Å²) in [6.45, 7) is -0.396. The summed E-state index contributed by atoms with van der Waals surface area (Å²) in [5, 5.41) is 11.4. The van der Waals surface area contributed by atoms with Gasteiger partial charge in [0.25, 0.3) is 11.7 Å². The van der Waals surface area contributed by atoms with Crippen molar-refractivity contribution in [1.29, 1.82) is 0 Å². The summed E-state index contributed by atoms with van der Waals surface area (Å²) in [4.78, 5) is 24.4. The van der Waals surface area contributed by atoms with Crippen LogP contribution in [0.5, 0.6) is 0 Å². The van der Waals surface area contributed by atoms with Crippen LogP contribution in [-0.4, -0.2) is 21.6 Å². The number of benzene rings is 1. The normalized spacial score (nSPS) is 19.3. The third kappa shape index (κ3) is 3.61. The van der Waals surface area contributed by atoms with Crippen LogP contribution in [0.3, 0.4) is 0 Å². The third-order valence-corrected chi connectivity index (χ3v) is 3.83. The fraction of sp³-hybridized carbons (Fsp3) is 0.188. The highest BCUT2D eigenvalue weighted by Gasteiger charge is 2.43. The van der Waals surface area contributed by atoms with Crippen molar-refractivity contribution in [1.82, 2.24) is 25.7 Å². The molecule has 7 nitrogen and oxygen atoms in total. The molecule has 3 rings (SSSR count). The third-order valence-electron chi connectivity index (χ3n) is 3.83. The maximum absolute atomic E-state index is 13.9. The molecule has 3 N–H and O–H groups in total. The Balaban J connectivity index is 1.80. The minimum absolute atomic E-state index is 0.148. The van der Waals surface area contributed by atoms with Crippen molar-refractivity contribution in [2.45, 2.75) is 18.5 Å². The van der Waals surface area contributed by atoms with Crippen molar-refractivity contribution in [2.75, 3.05) is 0 Å². The lowest BCUT2D eigenvalue weighted by atomic mass is 10.1. The molecule has 1 aliphatic rings. The minimum Gasteiger partial charge on any atom is -0.346 e. The molecule has 1 aromatic carbocycles. The van der Waals surface area contributed by atoms with E-state index in [-0.39, 0.29) is 5.56 Å². The van der Waals surface area contributed by atoms with Crippen LogP contribution >= 0.6 is 0 Å². The van der Waals surface area contributed by atoms with E-state index in [1.165, 1.54) is 24.7 Å². The second-order valence-corrected chi connectivity index (χ2v) is 5.61. The van der Waals surface area contributed by atoms with Crippen LogP contribution in [0.25, 0.3) is 0 Å². The van der Waals surface area contributed by atoms with Gasteiger partial charge in [-0.2, -0.15) is 18.3 Å². The standard InChI is InChI=1S/C16H13F4N5O2/c17-12-8-11(15(18,19)20)3-2-10(12)9-21-14(27)16(25-7-1-5-23-25)22-6-4-13(26)24-16/h1-8,22H,9H2,(H,21,27)(H,24,26). The first-order valence-corrected chi connectivity index (χ1v) is 7.63. The highest BCUT2D eigenvalue weighted by atomic mass is 19.4. The van der Waals surface area contributed by atoms with Gasteiger partial charge in [0, 0.05) is 36.8 Å². The number of rotatable bonds is 4. The average Bonchev–Trinajstić information content (AvgIpc) is 3.14. The van der Waals surface area contributed by atoms with Crippen LogP contribution in [0.2, 0.25) is 0 Å². The highest BCUT2D eigenvalue weighted by Crippen LogP contribution is 2.30. The second kappa shape index (κ2) is 6.74. The Hall–Kier alpha value is -3.37. The molecule has 0 radical (unpaired) electrons. The molecule has 11 heteroatoms. The summed E-state index contributed by atoms with van der Waals surface area (Å²) in [7, 11) is 0. The predicted molar refractivity (Wildman–Crippen MR) is 83.9 cm³/mol. The number of carbonyl (C=O) groups is 2. The molecule has 27 heavy (non-hydrogen) atoms. The van der Waals surface area contributed by atoms with Crippen LogP contribution in [0, 0.1) is 5.82 Å². The van der Waals surface area contributed by atoms with Gasteiger partial charge in [0.05, 0.1) is 5.56 Å². The summed E-state index contributed by atoms with van der Waals surface area (Å²) in [5.41, 5.74) is -1.28. The zero-order chi connectivity index (χ0) is 19.7. The van der Waals surface area contributed by atoms with E-state index >= 15 is 0 Å². The number of amides is 2. The van der Waals surface area contributed by atoms with Gasteiger partial charge in [-0.05, 0) is 18.2 Å². The fourth-order valence-corrected chi connectivity index (χ4v) is 2.48. The van der Waals surface area contributed by atoms with Gasteiger partial charge in [-0.25, -0.2) is 9.07 Å².